The van der Waals surface area contributed by atoms with E-state index in [1.54, 1.807) is 6.07 Å². The van der Waals surface area contributed by atoms with Crippen LogP contribution in [0.2, 0.25) is 0 Å². The lowest BCUT2D eigenvalue weighted by Crippen LogP contribution is -1.81. The van der Waals surface area contributed by atoms with Crippen molar-refractivity contribution < 1.29 is 4.39 Å². The number of aryl methyl sites for hydroxylation is 1. The van der Waals surface area contributed by atoms with E-state index >= 15 is 0 Å². The van der Waals surface area contributed by atoms with Gasteiger partial charge in [-0.15, -0.1) is 11.3 Å². The van der Waals surface area contributed by atoms with Crippen LogP contribution >= 0.6 is 27.3 Å². The zero-order valence-electron chi connectivity index (χ0n) is 8.39. The molecule has 1 nitrogen and oxygen atoms in total. The predicted octanol–water partition coefficient (Wildman–Crippen LogP) is 4.54. The largest absolute Gasteiger partial charge is 0.241 e. The van der Waals surface area contributed by atoms with E-state index in [0.29, 0.717) is 9.17 Å². The Morgan fingerprint density at radius 3 is 3.00 bits per heavy atom. The van der Waals surface area contributed by atoms with Crippen molar-refractivity contribution in [3.63, 3.8) is 0 Å². The number of aromatic nitrogens is 1. The second kappa shape index (κ2) is 4.58. The molecular formula is C11H11BrFNS. The van der Waals surface area contributed by atoms with Crippen LogP contribution in [0.1, 0.15) is 24.8 Å². The van der Waals surface area contributed by atoms with E-state index in [2.05, 4.69) is 27.8 Å². The molecule has 80 valence electrons. The third kappa shape index (κ3) is 2.21. The highest BCUT2D eigenvalue weighted by molar-refractivity contribution is 9.10. The van der Waals surface area contributed by atoms with Crippen LogP contribution in [0.25, 0.3) is 10.2 Å². The van der Waals surface area contributed by atoms with Gasteiger partial charge < -0.3 is 0 Å². The van der Waals surface area contributed by atoms with Crippen LogP contribution in [0, 0.1) is 5.82 Å². The first-order chi connectivity index (χ1) is 7.22. The van der Waals surface area contributed by atoms with Gasteiger partial charge in [-0.3, -0.25) is 0 Å². The van der Waals surface area contributed by atoms with Crippen LogP contribution in [0.5, 0.6) is 0 Å². The summed E-state index contributed by atoms with van der Waals surface area (Å²) in [6.45, 7) is 2.14. The summed E-state index contributed by atoms with van der Waals surface area (Å²) in [6.07, 6.45) is 3.21. The molecule has 0 saturated carbocycles. The van der Waals surface area contributed by atoms with Gasteiger partial charge in [0.1, 0.15) is 0 Å². The number of thiazole rings is 1. The smallest absolute Gasteiger partial charge is 0.156 e. The average Bonchev–Trinajstić information content (AvgIpc) is 2.64. The molecule has 0 spiro atoms. The van der Waals surface area contributed by atoms with Crippen molar-refractivity contribution in [2.75, 3.05) is 0 Å². The molecule has 15 heavy (non-hydrogen) atoms. The standard InChI is InChI=1S/C11H11BrFNS/c1-2-3-4-9-14-8-6-5-7(12)10(13)11(8)15-9/h5-6H,2-4H2,1H3. The van der Waals surface area contributed by atoms with E-state index in [-0.39, 0.29) is 5.82 Å². The fraction of sp³-hybridized carbons (Fsp3) is 0.364. The van der Waals surface area contributed by atoms with Gasteiger partial charge in [-0.25, -0.2) is 9.37 Å². The van der Waals surface area contributed by atoms with E-state index in [0.717, 1.165) is 29.8 Å². The molecule has 0 saturated heterocycles. The van der Waals surface area contributed by atoms with Crippen LogP contribution in [-0.4, -0.2) is 4.98 Å². The summed E-state index contributed by atoms with van der Waals surface area (Å²) in [5.74, 6) is -0.187. The van der Waals surface area contributed by atoms with Gasteiger partial charge in [0.2, 0.25) is 0 Å². The van der Waals surface area contributed by atoms with Crippen molar-refractivity contribution in [3.05, 3.63) is 27.4 Å². The summed E-state index contributed by atoms with van der Waals surface area (Å²) in [7, 11) is 0. The molecule has 0 aliphatic carbocycles. The SMILES string of the molecule is CCCCc1nc2ccc(Br)c(F)c2s1. The molecule has 4 heteroatoms. The fourth-order valence-corrected chi connectivity index (χ4v) is 2.92. The molecule has 1 aromatic heterocycles. The van der Waals surface area contributed by atoms with Crippen molar-refractivity contribution in [2.24, 2.45) is 0 Å². The van der Waals surface area contributed by atoms with E-state index in [1.807, 2.05) is 6.07 Å². The fourth-order valence-electron chi connectivity index (χ4n) is 1.42. The Kier molecular flexibility index (Phi) is 3.36. The Hall–Kier alpha value is -0.480. The highest BCUT2D eigenvalue weighted by Gasteiger charge is 2.10. The Morgan fingerprint density at radius 2 is 2.27 bits per heavy atom. The van der Waals surface area contributed by atoms with Crippen LogP contribution in [0.15, 0.2) is 16.6 Å². The summed E-state index contributed by atoms with van der Waals surface area (Å²) < 4.78 is 14.8. The molecule has 0 bridgehead atoms. The molecule has 0 aliphatic heterocycles. The summed E-state index contributed by atoms with van der Waals surface area (Å²) in [5.41, 5.74) is 0.770. The highest BCUT2D eigenvalue weighted by atomic mass is 79.9. The zero-order chi connectivity index (χ0) is 10.8. The molecule has 1 heterocycles. The molecule has 0 radical (unpaired) electrons. The minimum atomic E-state index is -0.187. The number of unbranched alkanes of at least 4 members (excludes halogenated alkanes) is 1. The van der Waals surface area contributed by atoms with Crippen LogP contribution in [0.3, 0.4) is 0 Å². The van der Waals surface area contributed by atoms with Crippen molar-refractivity contribution in [2.45, 2.75) is 26.2 Å². The molecule has 1 aromatic carbocycles. The van der Waals surface area contributed by atoms with Crippen molar-refractivity contribution in [1.29, 1.82) is 0 Å². The number of rotatable bonds is 3. The molecule has 0 amide bonds. The Balaban J connectivity index is 2.42. The van der Waals surface area contributed by atoms with Crippen molar-refractivity contribution in [1.82, 2.24) is 4.98 Å². The van der Waals surface area contributed by atoms with Crippen LogP contribution in [0.4, 0.5) is 4.39 Å². The van der Waals surface area contributed by atoms with E-state index in [1.165, 1.54) is 11.3 Å². The minimum Gasteiger partial charge on any atom is -0.241 e. The molecular weight excluding hydrogens is 277 g/mol. The average molecular weight is 288 g/mol. The number of benzene rings is 1. The van der Waals surface area contributed by atoms with Gasteiger partial charge in [-0.2, -0.15) is 0 Å². The quantitative estimate of drug-likeness (QED) is 0.808. The minimum absolute atomic E-state index is 0.187. The van der Waals surface area contributed by atoms with E-state index < -0.39 is 0 Å². The number of hydrogen-bond acceptors (Lipinski definition) is 2. The molecule has 0 atom stereocenters. The van der Waals surface area contributed by atoms with Gasteiger partial charge in [0.25, 0.3) is 0 Å². The molecule has 0 fully saturated rings. The normalized spacial score (nSPS) is 11.1. The number of nitrogens with zero attached hydrogens (tertiary/aromatic N) is 1. The van der Waals surface area contributed by atoms with E-state index in [9.17, 15) is 4.39 Å². The summed E-state index contributed by atoms with van der Waals surface area (Å²) in [4.78, 5) is 4.41. The molecule has 0 aliphatic rings. The van der Waals surface area contributed by atoms with Crippen molar-refractivity contribution >= 4 is 37.5 Å². The predicted molar refractivity (Wildman–Crippen MR) is 65.9 cm³/mol. The molecule has 2 aromatic rings. The Bertz CT molecular complexity index is 481. The van der Waals surface area contributed by atoms with Crippen molar-refractivity contribution in [3.8, 4) is 0 Å². The van der Waals surface area contributed by atoms with Gasteiger partial charge in [-0.1, -0.05) is 13.3 Å². The maximum Gasteiger partial charge on any atom is 0.156 e. The Labute approximate surface area is 100 Å². The second-order valence-electron chi connectivity index (χ2n) is 3.42. The first kappa shape index (κ1) is 11.0. The number of fused-ring (bicyclic) bond motifs is 1. The monoisotopic (exact) mass is 287 g/mol. The maximum absolute atomic E-state index is 13.7. The molecule has 2 rings (SSSR count). The van der Waals surface area contributed by atoms with Gasteiger partial charge in [0.05, 0.1) is 19.7 Å². The first-order valence-corrected chi connectivity index (χ1v) is 6.56. The highest BCUT2D eigenvalue weighted by Crippen LogP contribution is 2.30. The van der Waals surface area contributed by atoms with Gasteiger partial charge in [0, 0.05) is 0 Å². The summed E-state index contributed by atoms with van der Waals surface area (Å²) in [5, 5.41) is 1.03. The number of halogens is 2. The maximum atomic E-state index is 13.7. The third-order valence-electron chi connectivity index (χ3n) is 2.24. The van der Waals surface area contributed by atoms with Gasteiger partial charge in [-0.05, 0) is 40.9 Å². The molecule has 0 unspecified atom stereocenters. The third-order valence-corrected chi connectivity index (χ3v) is 3.97. The lowest BCUT2D eigenvalue weighted by atomic mass is 10.3. The summed E-state index contributed by atoms with van der Waals surface area (Å²) in [6, 6.07) is 3.56. The molecule has 0 N–H and O–H groups in total. The van der Waals surface area contributed by atoms with E-state index in [4.69, 9.17) is 0 Å². The lowest BCUT2D eigenvalue weighted by Gasteiger charge is -1.92. The zero-order valence-corrected chi connectivity index (χ0v) is 10.8. The van der Waals surface area contributed by atoms with Crippen LogP contribution in [-0.2, 0) is 6.42 Å². The van der Waals surface area contributed by atoms with Gasteiger partial charge in [0.15, 0.2) is 5.82 Å². The number of hydrogen-bond donors (Lipinski definition) is 0. The summed E-state index contributed by atoms with van der Waals surface area (Å²) >= 11 is 4.64. The lowest BCUT2D eigenvalue weighted by molar-refractivity contribution is 0.635. The van der Waals surface area contributed by atoms with Crippen LogP contribution < -0.4 is 0 Å². The first-order valence-electron chi connectivity index (χ1n) is 4.95. The Morgan fingerprint density at radius 1 is 1.47 bits per heavy atom. The second-order valence-corrected chi connectivity index (χ2v) is 5.36. The topological polar surface area (TPSA) is 12.9 Å². The van der Waals surface area contributed by atoms with Gasteiger partial charge >= 0.3 is 0 Å².